The molecular weight excluding hydrogens is 450 g/mol. The van der Waals surface area contributed by atoms with E-state index in [0.29, 0.717) is 24.5 Å². The molecule has 0 bridgehead atoms. The first-order chi connectivity index (χ1) is 16.9. The Bertz CT molecular complexity index is 1250. The molecule has 0 aliphatic carbocycles. The van der Waals surface area contributed by atoms with Gasteiger partial charge in [0.15, 0.2) is 0 Å². The summed E-state index contributed by atoms with van der Waals surface area (Å²) in [6.45, 7) is 0.653. The number of carboxylic acid groups (broad SMARTS) is 1. The fraction of sp³-hybridized carbons (Fsp3) is 0.280. The summed E-state index contributed by atoms with van der Waals surface area (Å²) in [5, 5.41) is 16.2. The van der Waals surface area contributed by atoms with E-state index in [0.717, 1.165) is 21.9 Å². The maximum absolute atomic E-state index is 13.1. The highest BCUT2D eigenvalue weighted by molar-refractivity contribution is 5.93. The first-order valence-corrected chi connectivity index (χ1v) is 11.2. The maximum Gasteiger partial charge on any atom is 0.405 e. The van der Waals surface area contributed by atoms with Gasteiger partial charge in [-0.3, -0.25) is 9.59 Å². The minimum Gasteiger partial charge on any atom is -0.497 e. The number of nitrogens with one attached hydrogen (secondary N) is 2. The first-order valence-electron chi connectivity index (χ1n) is 11.2. The van der Waals surface area contributed by atoms with Gasteiger partial charge in [0.2, 0.25) is 11.8 Å². The third kappa shape index (κ3) is 5.43. The molecule has 10 heteroatoms. The maximum atomic E-state index is 13.1. The van der Waals surface area contributed by atoms with Crippen molar-refractivity contribution in [2.24, 2.45) is 0 Å². The average Bonchev–Trinajstić information content (AvgIpc) is 2.82. The number of hydrogen-bond donors (Lipinski definition) is 4. The highest BCUT2D eigenvalue weighted by atomic mass is 16.5. The summed E-state index contributed by atoms with van der Waals surface area (Å²) in [5.74, 6) is 0.356. The van der Waals surface area contributed by atoms with Crippen LogP contribution in [0.3, 0.4) is 0 Å². The second-order valence-corrected chi connectivity index (χ2v) is 8.36. The number of nitrogen functional groups attached to an aromatic ring is 1. The van der Waals surface area contributed by atoms with Crippen LogP contribution in [0.1, 0.15) is 17.5 Å². The van der Waals surface area contributed by atoms with Crippen LogP contribution in [0.15, 0.2) is 54.7 Å². The monoisotopic (exact) mass is 477 g/mol. The SMILES string of the molecule is COc1ccc(CC(NC(=O)O)C(=O)N2CCC2C(=O)NCc2ccc3ccnc(N)c3c2)cc1. The molecule has 0 saturated carbocycles. The van der Waals surface area contributed by atoms with E-state index in [1.807, 2.05) is 24.3 Å². The van der Waals surface area contributed by atoms with Gasteiger partial charge in [-0.15, -0.1) is 0 Å². The number of carbonyl (C=O) groups is 3. The number of methoxy groups -OCH3 is 1. The van der Waals surface area contributed by atoms with Crippen LogP contribution in [0.4, 0.5) is 10.6 Å². The Labute approximate surface area is 202 Å². The van der Waals surface area contributed by atoms with Gasteiger partial charge in [-0.1, -0.05) is 24.3 Å². The van der Waals surface area contributed by atoms with Crippen molar-refractivity contribution in [3.05, 3.63) is 65.9 Å². The van der Waals surface area contributed by atoms with Crippen LogP contribution in [0.5, 0.6) is 5.75 Å². The first kappa shape index (κ1) is 23.8. The van der Waals surface area contributed by atoms with Gasteiger partial charge in [0.25, 0.3) is 0 Å². The van der Waals surface area contributed by atoms with Gasteiger partial charge in [0, 0.05) is 31.1 Å². The summed E-state index contributed by atoms with van der Waals surface area (Å²) < 4.78 is 5.13. The molecule has 0 spiro atoms. The van der Waals surface area contributed by atoms with Crippen LogP contribution < -0.4 is 21.1 Å². The Morgan fingerprint density at radius 2 is 1.91 bits per heavy atom. The lowest BCUT2D eigenvalue weighted by Crippen LogP contribution is -2.62. The molecule has 1 fully saturated rings. The molecular formula is C25H27N5O5. The fourth-order valence-electron chi connectivity index (χ4n) is 4.13. The quantitative estimate of drug-likeness (QED) is 0.388. The molecule has 4 rings (SSSR count). The number of nitrogens with two attached hydrogens (primary N) is 1. The Balaban J connectivity index is 1.39. The van der Waals surface area contributed by atoms with Crippen molar-refractivity contribution in [1.82, 2.24) is 20.5 Å². The zero-order valence-electron chi connectivity index (χ0n) is 19.2. The minimum absolute atomic E-state index is 0.159. The molecule has 2 heterocycles. The summed E-state index contributed by atoms with van der Waals surface area (Å²) in [5.41, 5.74) is 7.57. The summed E-state index contributed by atoms with van der Waals surface area (Å²) >= 11 is 0. The van der Waals surface area contributed by atoms with Gasteiger partial charge < -0.3 is 31.1 Å². The molecule has 3 aromatic rings. The van der Waals surface area contributed by atoms with Crippen LogP contribution in [-0.4, -0.2) is 58.6 Å². The van der Waals surface area contributed by atoms with E-state index in [1.165, 1.54) is 4.90 Å². The van der Waals surface area contributed by atoms with Crippen LogP contribution in [0.2, 0.25) is 0 Å². The summed E-state index contributed by atoms with van der Waals surface area (Å²) in [7, 11) is 1.55. The molecule has 0 radical (unpaired) electrons. The van der Waals surface area contributed by atoms with E-state index in [2.05, 4.69) is 15.6 Å². The number of anilines is 1. The van der Waals surface area contributed by atoms with Crippen LogP contribution in [-0.2, 0) is 22.6 Å². The van der Waals surface area contributed by atoms with Crippen molar-refractivity contribution < 1.29 is 24.2 Å². The Kier molecular flexibility index (Phi) is 7.00. The number of nitrogens with zero attached hydrogens (tertiary/aromatic N) is 2. The number of benzene rings is 2. The van der Waals surface area contributed by atoms with Crippen molar-refractivity contribution in [1.29, 1.82) is 0 Å². The zero-order chi connectivity index (χ0) is 24.9. The van der Waals surface area contributed by atoms with Crippen LogP contribution in [0.25, 0.3) is 10.8 Å². The van der Waals surface area contributed by atoms with Gasteiger partial charge in [0.05, 0.1) is 7.11 Å². The lowest BCUT2D eigenvalue weighted by molar-refractivity contribution is -0.148. The summed E-state index contributed by atoms with van der Waals surface area (Å²) in [6, 6.07) is 12.9. The molecule has 1 aliphatic rings. The lowest BCUT2D eigenvalue weighted by atomic mass is 9.97. The predicted molar refractivity (Wildman–Crippen MR) is 130 cm³/mol. The normalized spacial score (nSPS) is 15.7. The van der Waals surface area contributed by atoms with Crippen LogP contribution in [0, 0.1) is 0 Å². The zero-order valence-corrected chi connectivity index (χ0v) is 19.2. The van der Waals surface area contributed by atoms with E-state index in [1.54, 1.807) is 37.6 Å². The summed E-state index contributed by atoms with van der Waals surface area (Å²) in [4.78, 5) is 42.8. The number of pyridine rings is 1. The second kappa shape index (κ2) is 10.3. The molecule has 2 aromatic carbocycles. The van der Waals surface area contributed by atoms with Gasteiger partial charge in [-0.25, -0.2) is 9.78 Å². The van der Waals surface area contributed by atoms with Gasteiger partial charge in [-0.05, 0) is 47.2 Å². The van der Waals surface area contributed by atoms with Crippen molar-refractivity contribution in [3.63, 3.8) is 0 Å². The molecule has 5 N–H and O–H groups in total. The molecule has 1 aromatic heterocycles. The number of ether oxygens (including phenoxy) is 1. The van der Waals surface area contributed by atoms with Crippen molar-refractivity contribution >= 4 is 34.5 Å². The molecule has 35 heavy (non-hydrogen) atoms. The van der Waals surface area contributed by atoms with E-state index in [-0.39, 0.29) is 18.9 Å². The number of hydrogen-bond acceptors (Lipinski definition) is 6. The lowest BCUT2D eigenvalue weighted by Gasteiger charge is -2.41. The number of fused-ring (bicyclic) bond motifs is 1. The number of amides is 3. The molecule has 3 amide bonds. The fourth-order valence-corrected chi connectivity index (χ4v) is 4.13. The van der Waals surface area contributed by atoms with Crippen molar-refractivity contribution in [2.75, 3.05) is 19.4 Å². The second-order valence-electron chi connectivity index (χ2n) is 8.36. The van der Waals surface area contributed by atoms with E-state index in [4.69, 9.17) is 10.5 Å². The van der Waals surface area contributed by atoms with E-state index >= 15 is 0 Å². The molecule has 2 atom stereocenters. The Morgan fingerprint density at radius 1 is 1.17 bits per heavy atom. The topological polar surface area (TPSA) is 147 Å². The largest absolute Gasteiger partial charge is 0.497 e. The Hall–Kier alpha value is -4.34. The van der Waals surface area contributed by atoms with Gasteiger partial charge >= 0.3 is 6.09 Å². The highest BCUT2D eigenvalue weighted by Crippen LogP contribution is 2.22. The van der Waals surface area contributed by atoms with E-state index < -0.39 is 24.1 Å². The van der Waals surface area contributed by atoms with Gasteiger partial charge in [-0.2, -0.15) is 0 Å². The van der Waals surface area contributed by atoms with Crippen LogP contribution >= 0.6 is 0 Å². The molecule has 1 saturated heterocycles. The minimum atomic E-state index is -1.30. The predicted octanol–water partition coefficient (Wildman–Crippen LogP) is 1.92. The van der Waals surface area contributed by atoms with Crippen molar-refractivity contribution in [3.8, 4) is 5.75 Å². The molecule has 1 aliphatic heterocycles. The van der Waals surface area contributed by atoms with Crippen molar-refractivity contribution in [2.45, 2.75) is 31.5 Å². The number of carbonyl (C=O) groups excluding carboxylic acids is 2. The Morgan fingerprint density at radius 3 is 2.57 bits per heavy atom. The van der Waals surface area contributed by atoms with Gasteiger partial charge in [0.1, 0.15) is 23.7 Å². The average molecular weight is 478 g/mol. The third-order valence-electron chi connectivity index (χ3n) is 6.13. The number of rotatable bonds is 8. The third-order valence-corrected chi connectivity index (χ3v) is 6.13. The number of aromatic nitrogens is 1. The summed E-state index contributed by atoms with van der Waals surface area (Å²) in [6.07, 6.45) is 1.01. The molecule has 2 unspecified atom stereocenters. The standard InChI is InChI=1S/C25H27N5O5/c1-35-18-6-3-15(4-7-18)13-20(29-25(33)34)24(32)30-11-9-21(30)23(31)28-14-16-2-5-17-8-10-27-22(26)19(17)12-16/h2-8,10,12,20-21,29H,9,11,13-14H2,1H3,(H2,26,27)(H,28,31)(H,33,34). The highest BCUT2D eigenvalue weighted by Gasteiger charge is 2.40. The molecule has 10 nitrogen and oxygen atoms in total. The van der Waals surface area contributed by atoms with E-state index in [9.17, 15) is 19.5 Å². The number of likely N-dealkylation sites (tertiary alicyclic amines) is 1. The smallest absolute Gasteiger partial charge is 0.405 e. The molecule has 182 valence electrons.